The van der Waals surface area contributed by atoms with Gasteiger partial charge in [-0.25, -0.2) is 0 Å². The topological polar surface area (TPSA) is 110 Å². The largest absolute Gasteiger partial charge is 0.493 e. The van der Waals surface area contributed by atoms with Crippen molar-refractivity contribution < 1.29 is 34.1 Å². The molecule has 7 rings (SSSR count). The minimum atomic E-state index is -1.24. The number of ether oxygens (including phenoxy) is 3. The van der Waals surface area contributed by atoms with Gasteiger partial charge in [-0.2, -0.15) is 0 Å². The minimum absolute atomic E-state index is 0.00182. The molecule has 3 aromatic carbocycles. The van der Waals surface area contributed by atoms with Crippen molar-refractivity contribution in [2.24, 2.45) is 28.8 Å². The molecule has 6 atom stereocenters. The lowest BCUT2D eigenvalue weighted by molar-refractivity contribution is -0.255. The van der Waals surface area contributed by atoms with Gasteiger partial charge in [0.2, 0.25) is 11.7 Å². The van der Waals surface area contributed by atoms with E-state index in [0.29, 0.717) is 26.1 Å². The van der Waals surface area contributed by atoms with Crippen LogP contribution in [0.2, 0.25) is 0 Å². The second-order valence-electron chi connectivity index (χ2n) is 15.8. The zero-order valence-corrected chi connectivity index (χ0v) is 34.0. The van der Waals surface area contributed by atoms with E-state index >= 15 is 0 Å². The Morgan fingerprint density at radius 2 is 1.74 bits per heavy atom. The first-order valence-electron chi connectivity index (χ1n) is 20.8. The number of carbonyl (C=O) groups is 1. The summed E-state index contributed by atoms with van der Waals surface area (Å²) in [5.74, 6) is 1.04. The van der Waals surface area contributed by atoms with Gasteiger partial charge in [0, 0.05) is 54.7 Å². The summed E-state index contributed by atoms with van der Waals surface area (Å²) in [5.41, 5.74) is 3.91. The maximum atomic E-state index is 14.0. The lowest BCUT2D eigenvalue weighted by Gasteiger charge is -2.59. The number of carbonyl (C=O) groups excluding carboxylic acids is 1. The van der Waals surface area contributed by atoms with Gasteiger partial charge in [-0.1, -0.05) is 78.7 Å². The number of nitrogens with zero attached hydrogens (tertiary/aromatic N) is 2. The quantitative estimate of drug-likeness (QED) is 0.0478. The number of hydrogen-bond donors (Lipinski definition) is 2. The molecule has 2 N–H and O–H groups in total. The highest BCUT2D eigenvalue weighted by Gasteiger charge is 2.65. The molecule has 0 bridgehead atoms. The molecule has 2 fully saturated rings. The number of oxime groups is 1. The number of amides is 1. The van der Waals surface area contributed by atoms with Gasteiger partial charge in [-0.05, 0) is 91.8 Å². The van der Waals surface area contributed by atoms with E-state index in [2.05, 4.69) is 30.9 Å². The molecule has 1 amide bonds. The van der Waals surface area contributed by atoms with Crippen LogP contribution in [0.25, 0.3) is 0 Å². The average molecular weight is 795 g/mol. The molecule has 9 nitrogen and oxygen atoms in total. The van der Waals surface area contributed by atoms with Crippen molar-refractivity contribution in [2.75, 3.05) is 39.2 Å². The van der Waals surface area contributed by atoms with Gasteiger partial charge in [0.05, 0.1) is 24.8 Å². The monoisotopic (exact) mass is 794 g/mol. The summed E-state index contributed by atoms with van der Waals surface area (Å²) < 4.78 is 20.7. The predicted octanol–water partition coefficient (Wildman–Crippen LogP) is 8.56. The van der Waals surface area contributed by atoms with Crippen LogP contribution in [0.15, 0.2) is 113 Å². The van der Waals surface area contributed by atoms with Crippen LogP contribution in [0.4, 0.5) is 0 Å². The minimum Gasteiger partial charge on any atom is -0.493 e. The van der Waals surface area contributed by atoms with Crippen molar-refractivity contribution in [2.45, 2.75) is 87.0 Å². The van der Waals surface area contributed by atoms with E-state index in [1.165, 1.54) is 4.90 Å². The van der Waals surface area contributed by atoms with E-state index in [1.54, 1.807) is 17.8 Å². The number of aliphatic hydroxyl groups is 2. The van der Waals surface area contributed by atoms with Crippen LogP contribution >= 0.6 is 11.8 Å². The van der Waals surface area contributed by atoms with E-state index in [4.69, 9.17) is 24.2 Å². The number of unbranched alkanes of at least 4 members (excludes halogenated alkanes) is 2. The van der Waals surface area contributed by atoms with Crippen LogP contribution in [-0.4, -0.2) is 77.8 Å². The summed E-state index contributed by atoms with van der Waals surface area (Å²) in [4.78, 5) is 23.3. The van der Waals surface area contributed by atoms with Crippen LogP contribution in [0.3, 0.4) is 0 Å². The van der Waals surface area contributed by atoms with Crippen molar-refractivity contribution in [1.82, 2.24) is 4.90 Å². The van der Waals surface area contributed by atoms with E-state index in [0.717, 1.165) is 84.6 Å². The molecule has 1 heterocycles. The standard InChI is InChI=1S/C47H58N2O7S/c1-3-26-54-47-43(49(2)46(52)34-20-21-34)31-41(48-55-32-33-14-6-4-7-15-33)39-29-35(16-10-12-24-50)38(19-11-13-25-51)44(45(39)47)40-30-36(22-23-42(40)56-47)53-27-28-57-37-17-8-5-9-18-37/h3-9,14-15,17-18,22-23,29-30,34-35,38,43-45,50-51H,1,10-13,16,19-21,24-28,31-32H2,2H3. The highest BCUT2D eigenvalue weighted by Crippen LogP contribution is 2.62. The summed E-state index contributed by atoms with van der Waals surface area (Å²) in [6, 6.07) is 26.0. The Kier molecular flexibility index (Phi) is 14.1. The molecule has 2 saturated carbocycles. The SMILES string of the molecule is C=CCOC12Oc3ccc(OCCSc4ccccc4)cc3C3C(CCCCO)C(CCCCO)C=C(C(=NOCc4ccccc4)CC1N(C)C(=O)C1CC1)C32. The molecule has 0 aromatic heterocycles. The molecule has 3 aromatic rings. The fraction of sp³-hybridized carbons (Fsp3) is 0.489. The molecule has 304 valence electrons. The number of aliphatic hydroxyl groups excluding tert-OH is 2. The number of rotatable bonds is 21. The van der Waals surface area contributed by atoms with Gasteiger partial charge >= 0.3 is 0 Å². The summed E-state index contributed by atoms with van der Waals surface area (Å²) in [7, 11) is 1.89. The molecule has 57 heavy (non-hydrogen) atoms. The molecule has 6 unspecified atom stereocenters. The number of allylic oxidation sites excluding steroid dienone is 1. The zero-order chi connectivity index (χ0) is 39.6. The lowest BCUT2D eigenvalue weighted by atomic mass is 9.55. The Morgan fingerprint density at radius 3 is 2.46 bits per heavy atom. The van der Waals surface area contributed by atoms with Gasteiger partial charge in [0.15, 0.2) is 0 Å². The van der Waals surface area contributed by atoms with Gasteiger partial charge < -0.3 is 34.2 Å². The second-order valence-corrected chi connectivity index (χ2v) is 16.9. The molecule has 1 aliphatic heterocycles. The molecule has 0 spiro atoms. The Hall–Kier alpha value is -4.09. The van der Waals surface area contributed by atoms with Crippen molar-refractivity contribution in [3.63, 3.8) is 0 Å². The predicted molar refractivity (Wildman–Crippen MR) is 224 cm³/mol. The highest BCUT2D eigenvalue weighted by atomic mass is 32.2. The normalized spacial score (nSPS) is 25.4. The maximum absolute atomic E-state index is 14.0. The third-order valence-electron chi connectivity index (χ3n) is 12.0. The van der Waals surface area contributed by atoms with Crippen molar-refractivity contribution in [1.29, 1.82) is 0 Å². The van der Waals surface area contributed by atoms with E-state index < -0.39 is 11.8 Å². The first-order valence-corrected chi connectivity index (χ1v) is 21.8. The van der Waals surface area contributed by atoms with E-state index in [1.807, 2.05) is 72.6 Å². The van der Waals surface area contributed by atoms with E-state index in [9.17, 15) is 15.0 Å². The highest BCUT2D eigenvalue weighted by molar-refractivity contribution is 7.99. The van der Waals surface area contributed by atoms with Gasteiger partial charge in [0.25, 0.3) is 0 Å². The van der Waals surface area contributed by atoms with Gasteiger partial charge in [-0.3, -0.25) is 4.79 Å². The molecule has 10 heteroatoms. The fourth-order valence-electron chi connectivity index (χ4n) is 9.18. The Bertz CT molecular complexity index is 1850. The summed E-state index contributed by atoms with van der Waals surface area (Å²) in [5, 5.41) is 24.7. The van der Waals surface area contributed by atoms with Crippen LogP contribution < -0.4 is 9.47 Å². The number of thioether (sulfide) groups is 1. The third-order valence-corrected chi connectivity index (χ3v) is 13.0. The molecule has 0 radical (unpaired) electrons. The third kappa shape index (κ3) is 9.46. The fourth-order valence-corrected chi connectivity index (χ4v) is 9.94. The van der Waals surface area contributed by atoms with Crippen LogP contribution in [0.5, 0.6) is 11.5 Å². The smallest absolute Gasteiger partial charge is 0.239 e. The first kappa shape index (κ1) is 41.1. The molecular formula is C47H58N2O7S. The maximum Gasteiger partial charge on any atom is 0.239 e. The summed E-state index contributed by atoms with van der Waals surface area (Å²) in [6.45, 7) is 5.40. The molecule has 0 saturated heterocycles. The number of likely N-dealkylation sites (N-methyl/N-ethyl adjacent to an activating group) is 1. The number of hydrogen-bond acceptors (Lipinski definition) is 9. The van der Waals surface area contributed by atoms with Crippen LogP contribution in [0.1, 0.15) is 74.8 Å². The summed E-state index contributed by atoms with van der Waals surface area (Å²) in [6.07, 6.45) is 11.2. The number of fused-ring (bicyclic) bond motifs is 2. The Morgan fingerprint density at radius 1 is 1.00 bits per heavy atom. The van der Waals surface area contributed by atoms with Gasteiger partial charge in [-0.15, -0.1) is 18.3 Å². The van der Waals surface area contributed by atoms with E-state index in [-0.39, 0.29) is 55.3 Å². The van der Waals surface area contributed by atoms with Crippen molar-refractivity contribution in [3.8, 4) is 11.5 Å². The van der Waals surface area contributed by atoms with Crippen LogP contribution in [0, 0.1) is 23.7 Å². The average Bonchev–Trinajstić information content (AvgIpc) is 4.09. The molecule has 4 aliphatic rings. The second kappa shape index (κ2) is 19.6. The Balaban J connectivity index is 1.33. The Labute approximate surface area is 342 Å². The van der Waals surface area contributed by atoms with Crippen molar-refractivity contribution in [3.05, 3.63) is 114 Å². The summed E-state index contributed by atoms with van der Waals surface area (Å²) >= 11 is 1.77. The molecular weight excluding hydrogens is 737 g/mol. The number of benzene rings is 3. The van der Waals surface area contributed by atoms with Gasteiger partial charge in [0.1, 0.15) is 24.1 Å². The zero-order valence-electron chi connectivity index (χ0n) is 33.2. The van der Waals surface area contributed by atoms with Crippen molar-refractivity contribution >= 4 is 23.4 Å². The molecule has 3 aliphatic carbocycles. The first-order chi connectivity index (χ1) is 28.0. The van der Waals surface area contributed by atoms with Crippen LogP contribution in [-0.2, 0) is 21.0 Å². The lowest BCUT2D eigenvalue weighted by Crippen LogP contribution is -2.69.